The molecule has 176 valence electrons. The van der Waals surface area contributed by atoms with E-state index in [1.54, 1.807) is 12.1 Å². The summed E-state index contributed by atoms with van der Waals surface area (Å²) in [4.78, 5) is 24.9. The fourth-order valence-corrected chi connectivity index (χ4v) is 6.61. The molecule has 4 rings (SSSR count). The number of Topliss-reactive ketones (excluding diaryl/α,β-unsaturated/α-hetero) is 1. The molecule has 7 nitrogen and oxygen atoms in total. The van der Waals surface area contributed by atoms with Crippen LogP contribution in [0.2, 0.25) is 5.02 Å². The largest absolute Gasteiger partial charge is 0.483 e. The first-order valence-electron chi connectivity index (χ1n) is 11.1. The fraction of sp³-hybridized carbons (Fsp3) is 0.417. The number of amides is 1. The predicted octanol–water partition coefficient (Wildman–Crippen LogP) is 4.53. The SMILES string of the molecule is Cc1ccc(OCC(=O)Nc2ccc(Cl)c(S(=O)(=O)N3CCCCC3)c2)c2c1[C@@H](C)CC2=O. The number of benzene rings is 2. The summed E-state index contributed by atoms with van der Waals surface area (Å²) in [5, 5.41) is 2.77. The summed E-state index contributed by atoms with van der Waals surface area (Å²) in [5.74, 6) is 0.0668. The van der Waals surface area contributed by atoms with Gasteiger partial charge in [-0.15, -0.1) is 0 Å². The number of rotatable bonds is 6. The Kier molecular flexibility index (Phi) is 6.79. The molecule has 9 heteroatoms. The highest BCUT2D eigenvalue weighted by molar-refractivity contribution is 7.89. The van der Waals surface area contributed by atoms with Gasteiger partial charge in [0.15, 0.2) is 12.4 Å². The Morgan fingerprint density at radius 1 is 1.18 bits per heavy atom. The average molecular weight is 491 g/mol. The average Bonchev–Trinajstić information content (AvgIpc) is 3.10. The van der Waals surface area contributed by atoms with Crippen LogP contribution in [0, 0.1) is 6.92 Å². The Labute approximate surface area is 199 Å². The van der Waals surface area contributed by atoms with Gasteiger partial charge in [0.2, 0.25) is 10.0 Å². The van der Waals surface area contributed by atoms with Crippen molar-refractivity contribution in [2.24, 2.45) is 0 Å². The number of ether oxygens (including phenoxy) is 1. The molecule has 0 aromatic heterocycles. The third-order valence-electron chi connectivity index (χ3n) is 6.20. The molecule has 1 atom stereocenters. The summed E-state index contributed by atoms with van der Waals surface area (Å²) in [7, 11) is -3.75. The van der Waals surface area contributed by atoms with Crippen molar-refractivity contribution in [3.05, 3.63) is 52.0 Å². The third kappa shape index (κ3) is 4.78. The van der Waals surface area contributed by atoms with E-state index in [0.29, 0.717) is 36.5 Å². The lowest BCUT2D eigenvalue weighted by atomic mass is 9.97. The number of ketones is 1. The number of hydrogen-bond acceptors (Lipinski definition) is 5. The molecular weight excluding hydrogens is 464 g/mol. The molecule has 0 radical (unpaired) electrons. The number of nitrogens with one attached hydrogen (secondary N) is 1. The van der Waals surface area contributed by atoms with Gasteiger partial charge >= 0.3 is 0 Å². The molecule has 0 unspecified atom stereocenters. The number of anilines is 1. The van der Waals surface area contributed by atoms with Gasteiger partial charge in [0, 0.05) is 25.2 Å². The molecule has 2 aromatic carbocycles. The third-order valence-corrected chi connectivity index (χ3v) is 8.58. The van der Waals surface area contributed by atoms with Gasteiger partial charge in [-0.3, -0.25) is 9.59 Å². The number of fused-ring (bicyclic) bond motifs is 1. The highest BCUT2D eigenvalue weighted by Crippen LogP contribution is 2.40. The van der Waals surface area contributed by atoms with Crippen LogP contribution >= 0.6 is 11.6 Å². The highest BCUT2D eigenvalue weighted by Gasteiger charge is 2.31. The van der Waals surface area contributed by atoms with Crippen molar-refractivity contribution < 1.29 is 22.7 Å². The molecule has 0 saturated carbocycles. The minimum atomic E-state index is -3.75. The summed E-state index contributed by atoms with van der Waals surface area (Å²) in [6, 6.07) is 7.98. The Balaban J connectivity index is 1.47. The molecule has 0 spiro atoms. The quantitative estimate of drug-likeness (QED) is 0.642. The molecular formula is C24H27ClN2O5S. The van der Waals surface area contributed by atoms with Gasteiger partial charge in [-0.05, 0) is 61.1 Å². The van der Waals surface area contributed by atoms with Gasteiger partial charge in [0.05, 0.1) is 10.6 Å². The molecule has 1 saturated heterocycles. The van der Waals surface area contributed by atoms with E-state index in [2.05, 4.69) is 5.32 Å². The molecule has 1 N–H and O–H groups in total. The van der Waals surface area contributed by atoms with Gasteiger partial charge in [0.25, 0.3) is 5.91 Å². The zero-order valence-corrected chi connectivity index (χ0v) is 20.3. The molecule has 1 aliphatic carbocycles. The Bertz CT molecular complexity index is 1210. The second-order valence-corrected chi connectivity index (χ2v) is 11.0. The number of hydrogen-bond donors (Lipinski definition) is 1. The maximum absolute atomic E-state index is 13.0. The lowest BCUT2D eigenvalue weighted by Gasteiger charge is -2.26. The molecule has 33 heavy (non-hydrogen) atoms. The number of halogens is 1. The van der Waals surface area contributed by atoms with E-state index in [-0.39, 0.29) is 28.2 Å². The first-order valence-corrected chi connectivity index (χ1v) is 12.9. The van der Waals surface area contributed by atoms with E-state index in [9.17, 15) is 18.0 Å². The van der Waals surface area contributed by atoms with E-state index in [1.807, 2.05) is 19.9 Å². The zero-order valence-electron chi connectivity index (χ0n) is 18.7. The fourth-order valence-electron chi connectivity index (χ4n) is 4.59. The van der Waals surface area contributed by atoms with Crippen molar-refractivity contribution in [2.45, 2.75) is 50.3 Å². The van der Waals surface area contributed by atoms with Crippen molar-refractivity contribution in [3.63, 3.8) is 0 Å². The smallest absolute Gasteiger partial charge is 0.262 e. The summed E-state index contributed by atoms with van der Waals surface area (Å²) in [5.41, 5.74) is 2.87. The van der Waals surface area contributed by atoms with Crippen LogP contribution in [0.1, 0.15) is 60.0 Å². The topological polar surface area (TPSA) is 92.8 Å². The van der Waals surface area contributed by atoms with Gasteiger partial charge in [0.1, 0.15) is 10.6 Å². The summed E-state index contributed by atoms with van der Waals surface area (Å²) >= 11 is 6.19. The monoisotopic (exact) mass is 490 g/mol. The number of piperidine rings is 1. The number of nitrogens with zero attached hydrogens (tertiary/aromatic N) is 1. The second kappa shape index (κ2) is 9.44. The zero-order chi connectivity index (χ0) is 23.8. The minimum absolute atomic E-state index is 0.0156. The van der Waals surface area contributed by atoms with Gasteiger partial charge < -0.3 is 10.1 Å². The van der Waals surface area contributed by atoms with Gasteiger partial charge in [-0.1, -0.05) is 31.0 Å². The minimum Gasteiger partial charge on any atom is -0.483 e. The molecule has 1 amide bonds. The van der Waals surface area contributed by atoms with E-state index in [0.717, 1.165) is 30.4 Å². The van der Waals surface area contributed by atoms with Crippen LogP contribution in [0.3, 0.4) is 0 Å². The Hall–Kier alpha value is -2.42. The van der Waals surface area contributed by atoms with E-state index >= 15 is 0 Å². The van der Waals surface area contributed by atoms with Crippen molar-refractivity contribution in [3.8, 4) is 5.75 Å². The van der Waals surface area contributed by atoms with Gasteiger partial charge in [-0.2, -0.15) is 4.31 Å². The number of aryl methyl sites for hydroxylation is 1. The Morgan fingerprint density at radius 3 is 2.64 bits per heavy atom. The normalized spacial score (nSPS) is 18.8. The molecule has 1 aliphatic heterocycles. The first-order chi connectivity index (χ1) is 15.7. The molecule has 1 heterocycles. The maximum atomic E-state index is 13.0. The molecule has 2 aromatic rings. The van der Waals surface area contributed by atoms with Crippen LogP contribution in [-0.4, -0.2) is 44.1 Å². The van der Waals surface area contributed by atoms with Crippen molar-refractivity contribution in [1.82, 2.24) is 4.31 Å². The van der Waals surface area contributed by atoms with Crippen molar-refractivity contribution in [2.75, 3.05) is 25.0 Å². The van der Waals surface area contributed by atoms with E-state index in [1.165, 1.54) is 16.4 Å². The van der Waals surface area contributed by atoms with Crippen molar-refractivity contribution >= 4 is 39.0 Å². The molecule has 2 aliphatic rings. The van der Waals surface area contributed by atoms with E-state index in [4.69, 9.17) is 16.3 Å². The first kappa shape index (κ1) is 23.7. The number of carbonyl (C=O) groups is 2. The lowest BCUT2D eigenvalue weighted by Crippen LogP contribution is -2.35. The summed E-state index contributed by atoms with van der Waals surface area (Å²) in [6.07, 6.45) is 3.07. The number of carbonyl (C=O) groups excluding carboxylic acids is 2. The van der Waals surface area contributed by atoms with Crippen LogP contribution in [0.25, 0.3) is 0 Å². The lowest BCUT2D eigenvalue weighted by molar-refractivity contribution is -0.118. The molecule has 0 bridgehead atoms. The van der Waals surface area contributed by atoms with Crippen LogP contribution < -0.4 is 10.1 Å². The predicted molar refractivity (Wildman–Crippen MR) is 127 cm³/mol. The van der Waals surface area contributed by atoms with E-state index < -0.39 is 15.9 Å². The second-order valence-electron chi connectivity index (χ2n) is 8.64. The van der Waals surface area contributed by atoms with Crippen LogP contribution in [0.5, 0.6) is 5.75 Å². The Morgan fingerprint density at radius 2 is 1.91 bits per heavy atom. The summed E-state index contributed by atoms with van der Waals surface area (Å²) in [6.45, 7) is 4.57. The maximum Gasteiger partial charge on any atom is 0.262 e. The standard InChI is InChI=1S/C24H27ClN2O5S/c1-15-6-9-20(24-19(28)12-16(2)23(15)24)32-14-22(29)26-17-7-8-18(25)21(13-17)33(30,31)27-10-4-3-5-11-27/h6-9,13,16H,3-5,10-12,14H2,1-2H3,(H,26,29)/t16-/m0/s1. The number of sulfonamides is 1. The highest BCUT2D eigenvalue weighted by atomic mass is 35.5. The summed E-state index contributed by atoms with van der Waals surface area (Å²) < 4.78 is 33.2. The van der Waals surface area contributed by atoms with Gasteiger partial charge in [-0.25, -0.2) is 8.42 Å². The van der Waals surface area contributed by atoms with Crippen LogP contribution in [0.4, 0.5) is 5.69 Å². The molecule has 1 fully saturated rings. The van der Waals surface area contributed by atoms with Crippen LogP contribution in [0.15, 0.2) is 35.2 Å². The van der Waals surface area contributed by atoms with Crippen LogP contribution in [-0.2, 0) is 14.8 Å². The van der Waals surface area contributed by atoms with Crippen molar-refractivity contribution in [1.29, 1.82) is 0 Å².